The van der Waals surface area contributed by atoms with Gasteiger partial charge in [-0.05, 0) is 59.2 Å². The van der Waals surface area contributed by atoms with E-state index in [2.05, 4.69) is 34.7 Å². The molecule has 5 rings (SSSR count). The van der Waals surface area contributed by atoms with Gasteiger partial charge in [0.2, 0.25) is 5.91 Å². The number of carbonyl (C=O) groups excluding carboxylic acids is 1. The predicted octanol–water partition coefficient (Wildman–Crippen LogP) is 6.63. The summed E-state index contributed by atoms with van der Waals surface area (Å²) in [5, 5.41) is 9.75. The van der Waals surface area contributed by atoms with Crippen molar-refractivity contribution in [2.75, 3.05) is 12.4 Å². The van der Waals surface area contributed by atoms with E-state index < -0.39 is 0 Å². The molecule has 1 heterocycles. The third kappa shape index (κ3) is 6.10. The van der Waals surface area contributed by atoms with Crippen LogP contribution in [-0.4, -0.2) is 22.8 Å². The van der Waals surface area contributed by atoms with Gasteiger partial charge in [-0.25, -0.2) is 0 Å². The number of carbonyl (C=O) groups is 1. The molecule has 0 aliphatic rings. The lowest BCUT2D eigenvalue weighted by Crippen LogP contribution is -2.09. The first-order valence-corrected chi connectivity index (χ1v) is 12.4. The molecule has 0 bridgehead atoms. The average molecular weight is 504 g/mol. The zero-order chi connectivity index (χ0) is 26.3. The Morgan fingerprint density at radius 2 is 1.76 bits per heavy atom. The molecule has 0 radical (unpaired) electrons. The molecule has 6 heteroatoms. The van der Waals surface area contributed by atoms with Crippen LogP contribution in [0.15, 0.2) is 103 Å². The van der Waals surface area contributed by atoms with Gasteiger partial charge in [-0.1, -0.05) is 66.2 Å². The first-order valence-electron chi connectivity index (χ1n) is 12.4. The van der Waals surface area contributed by atoms with Gasteiger partial charge in [0.05, 0.1) is 13.7 Å². The minimum atomic E-state index is -0.256. The fourth-order valence-electron chi connectivity index (χ4n) is 4.27. The lowest BCUT2D eigenvalue weighted by atomic mass is 10.0. The third-order valence-corrected chi connectivity index (χ3v) is 6.25. The molecule has 0 saturated carbocycles. The Morgan fingerprint density at radius 3 is 2.61 bits per heavy atom. The van der Waals surface area contributed by atoms with Crippen LogP contribution in [0.4, 0.5) is 5.82 Å². The molecule has 1 amide bonds. The standard InChI is InChI=1S/C32H29N3O3/c1-23-10-14-28(15-11-23)38-22-27-20-24(12-16-30(27)37-2)13-17-32(36)33-31-18-19-35(34-31)21-26-8-5-7-25-6-3-4-9-29(25)26/h3-20H,21-22H2,1-2H3,(H,33,34,36)/b17-13+. The summed E-state index contributed by atoms with van der Waals surface area (Å²) in [6.45, 7) is 3.01. The average Bonchev–Trinajstić information content (AvgIpc) is 3.38. The van der Waals surface area contributed by atoms with E-state index in [-0.39, 0.29) is 5.91 Å². The number of amides is 1. The quantitative estimate of drug-likeness (QED) is 0.229. The molecule has 0 fully saturated rings. The fraction of sp³-hybridized carbons (Fsp3) is 0.125. The lowest BCUT2D eigenvalue weighted by Gasteiger charge is -2.11. The summed E-state index contributed by atoms with van der Waals surface area (Å²) in [5.41, 5.74) is 4.11. The monoisotopic (exact) mass is 503 g/mol. The molecule has 1 N–H and O–H groups in total. The van der Waals surface area contributed by atoms with E-state index >= 15 is 0 Å². The minimum Gasteiger partial charge on any atom is -0.496 e. The predicted molar refractivity (Wildman–Crippen MR) is 151 cm³/mol. The number of aromatic nitrogens is 2. The van der Waals surface area contributed by atoms with Crippen LogP contribution in [-0.2, 0) is 17.9 Å². The van der Waals surface area contributed by atoms with E-state index in [0.29, 0.717) is 19.0 Å². The molecule has 0 unspecified atom stereocenters. The van der Waals surface area contributed by atoms with Crippen LogP contribution < -0.4 is 14.8 Å². The van der Waals surface area contributed by atoms with Gasteiger partial charge >= 0.3 is 0 Å². The molecule has 190 valence electrons. The summed E-state index contributed by atoms with van der Waals surface area (Å²) in [7, 11) is 1.63. The topological polar surface area (TPSA) is 65.4 Å². The van der Waals surface area contributed by atoms with E-state index in [1.54, 1.807) is 19.3 Å². The van der Waals surface area contributed by atoms with Crippen molar-refractivity contribution in [2.45, 2.75) is 20.1 Å². The largest absolute Gasteiger partial charge is 0.496 e. The number of hydrogen-bond donors (Lipinski definition) is 1. The van der Waals surface area contributed by atoms with Crippen LogP contribution in [0.2, 0.25) is 0 Å². The zero-order valence-electron chi connectivity index (χ0n) is 21.4. The van der Waals surface area contributed by atoms with E-state index in [1.165, 1.54) is 28.0 Å². The number of aryl methyl sites for hydroxylation is 1. The molecule has 0 atom stereocenters. The molecule has 0 saturated heterocycles. The number of ether oxygens (including phenoxy) is 2. The normalized spacial score (nSPS) is 11.1. The van der Waals surface area contributed by atoms with E-state index in [4.69, 9.17) is 9.47 Å². The summed E-state index contributed by atoms with van der Waals surface area (Å²) in [5.74, 6) is 1.77. The molecule has 6 nitrogen and oxygen atoms in total. The van der Waals surface area contributed by atoms with E-state index in [9.17, 15) is 4.79 Å². The zero-order valence-corrected chi connectivity index (χ0v) is 21.4. The lowest BCUT2D eigenvalue weighted by molar-refractivity contribution is -0.111. The van der Waals surface area contributed by atoms with Gasteiger partial charge in [0, 0.05) is 23.9 Å². The molecule has 1 aromatic heterocycles. The Labute approximate surface area is 222 Å². The van der Waals surface area contributed by atoms with Gasteiger partial charge in [-0.2, -0.15) is 5.10 Å². The van der Waals surface area contributed by atoms with Crippen molar-refractivity contribution in [3.63, 3.8) is 0 Å². The maximum Gasteiger partial charge on any atom is 0.249 e. The number of hydrogen-bond acceptors (Lipinski definition) is 4. The van der Waals surface area contributed by atoms with Crippen LogP contribution >= 0.6 is 0 Å². The smallest absolute Gasteiger partial charge is 0.249 e. The van der Waals surface area contributed by atoms with Gasteiger partial charge in [0.25, 0.3) is 0 Å². The van der Waals surface area contributed by atoms with Gasteiger partial charge < -0.3 is 14.8 Å². The van der Waals surface area contributed by atoms with Crippen molar-refractivity contribution in [3.8, 4) is 11.5 Å². The highest BCUT2D eigenvalue weighted by atomic mass is 16.5. The van der Waals surface area contributed by atoms with E-state index in [0.717, 1.165) is 22.6 Å². The number of methoxy groups -OCH3 is 1. The van der Waals surface area contributed by atoms with Crippen molar-refractivity contribution in [1.29, 1.82) is 0 Å². The maximum absolute atomic E-state index is 12.6. The highest BCUT2D eigenvalue weighted by Crippen LogP contribution is 2.23. The van der Waals surface area contributed by atoms with Gasteiger partial charge in [-0.3, -0.25) is 9.48 Å². The van der Waals surface area contributed by atoms with Crippen LogP contribution in [0.25, 0.3) is 16.8 Å². The minimum absolute atomic E-state index is 0.256. The first-order chi connectivity index (χ1) is 18.6. The summed E-state index contributed by atoms with van der Waals surface area (Å²) < 4.78 is 13.2. The second-order valence-electron chi connectivity index (χ2n) is 9.03. The number of fused-ring (bicyclic) bond motifs is 1. The SMILES string of the molecule is COc1ccc(/C=C/C(=O)Nc2ccn(Cc3cccc4ccccc34)n2)cc1COc1ccc(C)cc1. The Balaban J connectivity index is 1.21. The third-order valence-electron chi connectivity index (χ3n) is 6.25. The molecule has 5 aromatic rings. The summed E-state index contributed by atoms with van der Waals surface area (Å²) >= 11 is 0. The molecule has 0 aliphatic carbocycles. The van der Waals surface area contributed by atoms with Gasteiger partial charge in [0.15, 0.2) is 5.82 Å². The molecular weight excluding hydrogens is 474 g/mol. The highest BCUT2D eigenvalue weighted by molar-refractivity contribution is 6.01. The number of nitrogens with zero attached hydrogens (tertiary/aromatic N) is 2. The molecular formula is C32H29N3O3. The Hall–Kier alpha value is -4.84. The van der Waals surface area contributed by atoms with Crippen LogP contribution in [0.3, 0.4) is 0 Å². The summed E-state index contributed by atoms with van der Waals surface area (Å²) in [6, 6.07) is 30.0. The molecule has 0 spiro atoms. The second-order valence-corrected chi connectivity index (χ2v) is 9.03. The fourth-order valence-corrected chi connectivity index (χ4v) is 4.27. The maximum atomic E-state index is 12.6. The number of nitrogens with one attached hydrogen (secondary N) is 1. The van der Waals surface area contributed by atoms with Crippen molar-refractivity contribution >= 4 is 28.6 Å². The Morgan fingerprint density at radius 1 is 0.947 bits per heavy atom. The number of benzene rings is 4. The van der Waals surface area contributed by atoms with Crippen molar-refractivity contribution in [3.05, 3.63) is 126 Å². The number of anilines is 1. The van der Waals surface area contributed by atoms with Crippen molar-refractivity contribution in [2.24, 2.45) is 0 Å². The first kappa shape index (κ1) is 24.8. The van der Waals surface area contributed by atoms with Crippen molar-refractivity contribution in [1.82, 2.24) is 9.78 Å². The Bertz CT molecular complexity index is 1580. The molecule has 0 aliphatic heterocycles. The Kier molecular flexibility index (Phi) is 7.50. The van der Waals surface area contributed by atoms with Crippen LogP contribution in [0.5, 0.6) is 11.5 Å². The van der Waals surface area contributed by atoms with Crippen molar-refractivity contribution < 1.29 is 14.3 Å². The van der Waals surface area contributed by atoms with Crippen LogP contribution in [0.1, 0.15) is 22.3 Å². The molecule has 4 aromatic carbocycles. The highest BCUT2D eigenvalue weighted by Gasteiger charge is 2.07. The van der Waals surface area contributed by atoms with Gasteiger partial charge in [0.1, 0.15) is 18.1 Å². The van der Waals surface area contributed by atoms with E-state index in [1.807, 2.05) is 78.5 Å². The van der Waals surface area contributed by atoms with Gasteiger partial charge in [-0.15, -0.1) is 0 Å². The summed E-state index contributed by atoms with van der Waals surface area (Å²) in [6.07, 6.45) is 5.12. The molecule has 38 heavy (non-hydrogen) atoms. The second kappa shape index (κ2) is 11.5. The summed E-state index contributed by atoms with van der Waals surface area (Å²) in [4.78, 5) is 12.6. The number of rotatable bonds is 9. The van der Waals surface area contributed by atoms with Crippen LogP contribution in [0, 0.1) is 6.92 Å².